The minimum Gasteiger partial charge on any atom is -0.313 e. The number of para-hydroxylation sites is 2. The number of imidazole rings is 1. The van der Waals surface area contributed by atoms with Crippen LogP contribution in [-0.4, -0.2) is 16.6 Å². The second-order valence-corrected chi connectivity index (χ2v) is 4.79. The normalized spacial score (nSPS) is 12.8. The predicted molar refractivity (Wildman–Crippen MR) is 78.5 cm³/mol. The summed E-state index contributed by atoms with van der Waals surface area (Å²) >= 11 is 0. The van der Waals surface area contributed by atoms with Crippen molar-refractivity contribution in [1.82, 2.24) is 14.9 Å². The second kappa shape index (κ2) is 5.06. The van der Waals surface area contributed by atoms with E-state index in [0.29, 0.717) is 5.56 Å². The van der Waals surface area contributed by atoms with E-state index >= 15 is 0 Å². The molecular formula is C16H16FN3. The molecule has 4 heteroatoms. The molecule has 0 aliphatic carbocycles. The lowest BCUT2D eigenvalue weighted by Crippen LogP contribution is -2.16. The fraction of sp³-hybridized carbons (Fsp3) is 0.188. The van der Waals surface area contributed by atoms with Crippen LogP contribution < -0.4 is 5.32 Å². The number of hydrogen-bond donors (Lipinski definition) is 1. The Balaban J connectivity index is 2.27. The molecule has 2 aromatic carbocycles. The molecule has 1 aromatic heterocycles. The van der Waals surface area contributed by atoms with E-state index < -0.39 is 0 Å². The highest BCUT2D eigenvalue weighted by atomic mass is 19.1. The van der Waals surface area contributed by atoms with Crippen molar-refractivity contribution >= 4 is 11.0 Å². The highest BCUT2D eigenvalue weighted by Gasteiger charge is 2.16. The summed E-state index contributed by atoms with van der Waals surface area (Å²) in [6, 6.07) is 12.9. The molecule has 1 atom stereocenters. The van der Waals surface area contributed by atoms with Gasteiger partial charge in [-0.2, -0.15) is 0 Å². The van der Waals surface area contributed by atoms with Crippen LogP contribution in [0.4, 0.5) is 4.39 Å². The summed E-state index contributed by atoms with van der Waals surface area (Å²) in [5.74, 6) is -0.206. The Morgan fingerprint density at radius 3 is 2.75 bits per heavy atom. The molecule has 1 N–H and O–H groups in total. The molecule has 20 heavy (non-hydrogen) atoms. The third kappa shape index (κ3) is 1.98. The highest BCUT2D eigenvalue weighted by Crippen LogP contribution is 2.27. The zero-order valence-corrected chi connectivity index (χ0v) is 11.5. The van der Waals surface area contributed by atoms with Gasteiger partial charge >= 0.3 is 0 Å². The van der Waals surface area contributed by atoms with Crippen molar-refractivity contribution in [2.45, 2.75) is 13.0 Å². The van der Waals surface area contributed by atoms with Gasteiger partial charge < -0.3 is 5.32 Å². The summed E-state index contributed by atoms with van der Waals surface area (Å²) in [5, 5.41) is 3.10. The van der Waals surface area contributed by atoms with E-state index in [1.54, 1.807) is 12.4 Å². The Hall–Kier alpha value is -2.20. The third-order valence-electron chi connectivity index (χ3n) is 3.61. The standard InChI is InChI=1S/C16H16FN3/c1-11(18-2)16-12(17)6-5-9-15(16)20-10-19-13-7-3-4-8-14(13)20/h3-11,18H,1-2H3. The number of aromatic nitrogens is 2. The highest BCUT2D eigenvalue weighted by molar-refractivity contribution is 5.77. The molecule has 0 radical (unpaired) electrons. The Kier molecular flexibility index (Phi) is 3.24. The molecule has 0 saturated carbocycles. The van der Waals surface area contributed by atoms with Gasteiger partial charge in [-0.05, 0) is 38.2 Å². The Labute approximate surface area is 117 Å². The average Bonchev–Trinajstić information content (AvgIpc) is 2.90. The zero-order chi connectivity index (χ0) is 14.1. The molecule has 3 nitrogen and oxygen atoms in total. The Bertz CT molecular complexity index is 748. The molecule has 0 amide bonds. The minimum atomic E-state index is -0.206. The summed E-state index contributed by atoms with van der Waals surface area (Å²) in [6.07, 6.45) is 1.74. The SMILES string of the molecule is CNC(C)c1c(F)cccc1-n1cnc2ccccc21. The number of nitrogens with one attached hydrogen (secondary N) is 1. The van der Waals surface area contributed by atoms with Crippen LogP contribution in [0.15, 0.2) is 48.8 Å². The van der Waals surface area contributed by atoms with E-state index in [9.17, 15) is 4.39 Å². The molecule has 0 aliphatic heterocycles. The van der Waals surface area contributed by atoms with Gasteiger partial charge in [-0.15, -0.1) is 0 Å². The zero-order valence-electron chi connectivity index (χ0n) is 11.5. The van der Waals surface area contributed by atoms with Gasteiger partial charge in [0, 0.05) is 11.6 Å². The van der Waals surface area contributed by atoms with Gasteiger partial charge in [0.2, 0.25) is 0 Å². The first-order valence-electron chi connectivity index (χ1n) is 6.60. The van der Waals surface area contributed by atoms with Crippen LogP contribution in [0, 0.1) is 5.82 Å². The molecule has 0 spiro atoms. The summed E-state index contributed by atoms with van der Waals surface area (Å²) in [7, 11) is 1.83. The summed E-state index contributed by atoms with van der Waals surface area (Å²) in [5.41, 5.74) is 3.35. The van der Waals surface area contributed by atoms with Crippen molar-refractivity contribution in [2.24, 2.45) is 0 Å². The van der Waals surface area contributed by atoms with Crippen LogP contribution in [0.25, 0.3) is 16.7 Å². The summed E-state index contributed by atoms with van der Waals surface area (Å²) in [4.78, 5) is 4.37. The van der Waals surface area contributed by atoms with Crippen molar-refractivity contribution in [3.05, 3.63) is 60.2 Å². The maximum absolute atomic E-state index is 14.2. The lowest BCUT2D eigenvalue weighted by Gasteiger charge is -2.17. The van der Waals surface area contributed by atoms with Gasteiger partial charge in [0.15, 0.2) is 0 Å². The van der Waals surface area contributed by atoms with Crippen LogP contribution in [-0.2, 0) is 0 Å². The fourth-order valence-corrected chi connectivity index (χ4v) is 2.46. The molecule has 1 unspecified atom stereocenters. The average molecular weight is 269 g/mol. The van der Waals surface area contributed by atoms with Crippen molar-refractivity contribution in [3.63, 3.8) is 0 Å². The van der Waals surface area contributed by atoms with E-state index in [-0.39, 0.29) is 11.9 Å². The van der Waals surface area contributed by atoms with E-state index in [2.05, 4.69) is 10.3 Å². The molecule has 1 heterocycles. The van der Waals surface area contributed by atoms with Crippen LogP contribution >= 0.6 is 0 Å². The number of rotatable bonds is 3. The smallest absolute Gasteiger partial charge is 0.130 e. The predicted octanol–water partition coefficient (Wildman–Crippen LogP) is 3.45. The number of halogens is 1. The topological polar surface area (TPSA) is 29.9 Å². The van der Waals surface area contributed by atoms with Crippen molar-refractivity contribution in [2.75, 3.05) is 7.05 Å². The van der Waals surface area contributed by atoms with Crippen molar-refractivity contribution in [1.29, 1.82) is 0 Å². The first-order chi connectivity index (χ1) is 9.72. The van der Waals surface area contributed by atoms with Gasteiger partial charge in [0.25, 0.3) is 0 Å². The first-order valence-corrected chi connectivity index (χ1v) is 6.60. The van der Waals surface area contributed by atoms with E-state index in [1.165, 1.54) is 6.07 Å². The van der Waals surface area contributed by atoms with Crippen LogP contribution in [0.5, 0.6) is 0 Å². The molecule has 3 rings (SSSR count). The maximum atomic E-state index is 14.2. The van der Waals surface area contributed by atoms with Gasteiger partial charge in [-0.1, -0.05) is 18.2 Å². The van der Waals surface area contributed by atoms with Crippen LogP contribution in [0.3, 0.4) is 0 Å². The lowest BCUT2D eigenvalue weighted by molar-refractivity contribution is 0.559. The third-order valence-corrected chi connectivity index (χ3v) is 3.61. The quantitative estimate of drug-likeness (QED) is 0.789. The number of nitrogens with zero attached hydrogens (tertiary/aromatic N) is 2. The van der Waals surface area contributed by atoms with E-state index in [0.717, 1.165) is 16.7 Å². The van der Waals surface area contributed by atoms with Crippen molar-refractivity contribution < 1.29 is 4.39 Å². The van der Waals surface area contributed by atoms with Crippen molar-refractivity contribution in [3.8, 4) is 5.69 Å². The second-order valence-electron chi connectivity index (χ2n) is 4.79. The first kappa shape index (κ1) is 12.8. The number of benzene rings is 2. The molecule has 0 saturated heterocycles. The van der Waals surface area contributed by atoms with Gasteiger partial charge in [-0.3, -0.25) is 4.57 Å². The van der Waals surface area contributed by atoms with Crippen LogP contribution in [0.2, 0.25) is 0 Å². The maximum Gasteiger partial charge on any atom is 0.130 e. The van der Waals surface area contributed by atoms with Gasteiger partial charge in [0.1, 0.15) is 12.1 Å². The van der Waals surface area contributed by atoms with Gasteiger partial charge in [0.05, 0.1) is 16.7 Å². The van der Waals surface area contributed by atoms with E-state index in [4.69, 9.17) is 0 Å². The largest absolute Gasteiger partial charge is 0.313 e. The van der Waals surface area contributed by atoms with E-state index in [1.807, 2.05) is 48.9 Å². The minimum absolute atomic E-state index is 0.0765. The van der Waals surface area contributed by atoms with Gasteiger partial charge in [-0.25, -0.2) is 9.37 Å². The monoisotopic (exact) mass is 269 g/mol. The fourth-order valence-electron chi connectivity index (χ4n) is 2.46. The number of fused-ring (bicyclic) bond motifs is 1. The molecule has 0 aliphatic rings. The molecular weight excluding hydrogens is 253 g/mol. The summed E-state index contributed by atoms with van der Waals surface area (Å²) < 4.78 is 16.1. The van der Waals surface area contributed by atoms with Crippen LogP contribution in [0.1, 0.15) is 18.5 Å². The molecule has 102 valence electrons. The molecule has 3 aromatic rings. The molecule has 0 fully saturated rings. The molecule has 0 bridgehead atoms. The summed E-state index contributed by atoms with van der Waals surface area (Å²) in [6.45, 7) is 1.95. The Morgan fingerprint density at radius 1 is 1.15 bits per heavy atom. The Morgan fingerprint density at radius 2 is 1.95 bits per heavy atom. The lowest BCUT2D eigenvalue weighted by atomic mass is 10.1. The number of hydrogen-bond acceptors (Lipinski definition) is 2.